The van der Waals surface area contributed by atoms with Gasteiger partial charge < -0.3 is 5.32 Å². The predicted octanol–water partition coefficient (Wildman–Crippen LogP) is 2.80. The lowest BCUT2D eigenvalue weighted by Crippen LogP contribution is -2.43. The van der Waals surface area contributed by atoms with E-state index >= 15 is 0 Å². The van der Waals surface area contributed by atoms with Gasteiger partial charge in [0.1, 0.15) is 0 Å². The third-order valence-electron chi connectivity index (χ3n) is 2.46. The molecule has 1 aromatic rings. The van der Waals surface area contributed by atoms with E-state index in [1.54, 1.807) is 12.1 Å². The molecule has 0 aliphatic rings. The van der Waals surface area contributed by atoms with E-state index in [0.717, 1.165) is 5.19 Å². The second kappa shape index (κ2) is 5.51. The van der Waals surface area contributed by atoms with Crippen molar-refractivity contribution in [2.24, 2.45) is 0 Å². The highest BCUT2D eigenvalue weighted by atomic mass is 35.5. The fraction of sp³-hybridized carbons (Fsp3) is 0.308. The lowest BCUT2D eigenvalue weighted by atomic mass is 10.2. The number of carbonyl (C=O) groups excluding carboxylic acids is 1. The second-order valence-corrected chi connectivity index (χ2v) is 10.4. The maximum atomic E-state index is 12.1. The zero-order valence-electron chi connectivity index (χ0n) is 10.5. The van der Waals surface area contributed by atoms with Crippen molar-refractivity contribution in [1.82, 2.24) is 5.32 Å². The maximum Gasteiger partial charge on any atom is 0.252 e. The standard InChI is InChI=1S/C13H18ClNOSi/c1-5-9-15-13(16)12-10(14)7-6-8-11(12)17(2,3)4/h5-8H,1,9H2,2-4H3,(H,15,16). The van der Waals surface area contributed by atoms with Crippen LogP contribution in [0.5, 0.6) is 0 Å². The molecule has 1 rings (SSSR count). The van der Waals surface area contributed by atoms with E-state index in [-0.39, 0.29) is 5.91 Å². The van der Waals surface area contributed by atoms with Gasteiger partial charge >= 0.3 is 0 Å². The normalized spacial score (nSPS) is 11.1. The second-order valence-electron chi connectivity index (χ2n) is 4.91. The molecule has 0 aliphatic heterocycles. The third kappa shape index (κ3) is 3.45. The third-order valence-corrected chi connectivity index (χ3v) is 4.80. The van der Waals surface area contributed by atoms with Gasteiger partial charge in [-0.2, -0.15) is 0 Å². The van der Waals surface area contributed by atoms with Gasteiger partial charge in [-0.25, -0.2) is 0 Å². The molecule has 92 valence electrons. The minimum atomic E-state index is -1.58. The SMILES string of the molecule is C=CCNC(=O)c1c(Cl)cccc1[Si](C)(C)C. The first-order valence-electron chi connectivity index (χ1n) is 5.56. The number of hydrogen-bond acceptors (Lipinski definition) is 1. The molecule has 0 saturated heterocycles. The lowest BCUT2D eigenvalue weighted by Gasteiger charge is -2.21. The van der Waals surface area contributed by atoms with Gasteiger partial charge in [0.25, 0.3) is 5.91 Å². The van der Waals surface area contributed by atoms with E-state index in [1.165, 1.54) is 0 Å². The molecule has 0 fully saturated rings. The molecule has 0 bridgehead atoms. The van der Waals surface area contributed by atoms with Crippen LogP contribution in [-0.4, -0.2) is 20.5 Å². The van der Waals surface area contributed by atoms with Crippen LogP contribution in [0.15, 0.2) is 30.9 Å². The Bertz CT molecular complexity index is 438. The van der Waals surface area contributed by atoms with Gasteiger partial charge in [0.2, 0.25) is 0 Å². The molecule has 0 aliphatic carbocycles. The summed E-state index contributed by atoms with van der Waals surface area (Å²) in [7, 11) is -1.58. The molecule has 1 amide bonds. The maximum absolute atomic E-state index is 12.1. The molecule has 0 spiro atoms. The van der Waals surface area contributed by atoms with Crippen LogP contribution in [0, 0.1) is 0 Å². The van der Waals surface area contributed by atoms with Crippen LogP contribution in [0.1, 0.15) is 10.4 Å². The Kier molecular flexibility index (Phi) is 4.54. The van der Waals surface area contributed by atoms with Gasteiger partial charge in [0.05, 0.1) is 18.7 Å². The highest BCUT2D eigenvalue weighted by molar-refractivity contribution is 6.89. The Morgan fingerprint density at radius 1 is 1.47 bits per heavy atom. The summed E-state index contributed by atoms with van der Waals surface area (Å²) >= 11 is 6.14. The van der Waals surface area contributed by atoms with Crippen molar-refractivity contribution in [3.05, 3.63) is 41.4 Å². The zero-order chi connectivity index (χ0) is 13.1. The zero-order valence-corrected chi connectivity index (χ0v) is 12.3. The number of halogens is 1. The number of rotatable bonds is 4. The highest BCUT2D eigenvalue weighted by Crippen LogP contribution is 2.17. The van der Waals surface area contributed by atoms with Crippen molar-refractivity contribution in [3.8, 4) is 0 Å². The van der Waals surface area contributed by atoms with Crippen LogP contribution in [0.3, 0.4) is 0 Å². The van der Waals surface area contributed by atoms with Gasteiger partial charge in [-0.1, -0.05) is 49.5 Å². The fourth-order valence-corrected chi connectivity index (χ4v) is 3.57. The average Bonchev–Trinajstić information content (AvgIpc) is 2.24. The first kappa shape index (κ1) is 14.0. The smallest absolute Gasteiger partial charge is 0.252 e. The van der Waals surface area contributed by atoms with Crippen LogP contribution in [-0.2, 0) is 0 Å². The highest BCUT2D eigenvalue weighted by Gasteiger charge is 2.24. The van der Waals surface area contributed by atoms with Gasteiger partial charge in [-0.15, -0.1) is 6.58 Å². The van der Waals surface area contributed by atoms with Crippen molar-refractivity contribution >= 4 is 30.8 Å². The monoisotopic (exact) mass is 267 g/mol. The largest absolute Gasteiger partial charge is 0.349 e. The minimum Gasteiger partial charge on any atom is -0.349 e. The Morgan fingerprint density at radius 2 is 2.12 bits per heavy atom. The molecule has 17 heavy (non-hydrogen) atoms. The molecule has 0 atom stereocenters. The topological polar surface area (TPSA) is 29.1 Å². The molecule has 0 unspecified atom stereocenters. The summed E-state index contributed by atoms with van der Waals surface area (Å²) in [5.74, 6) is -0.118. The molecule has 1 N–H and O–H groups in total. The van der Waals surface area contributed by atoms with Gasteiger partial charge in [0.15, 0.2) is 0 Å². The van der Waals surface area contributed by atoms with Crippen molar-refractivity contribution < 1.29 is 4.79 Å². The summed E-state index contributed by atoms with van der Waals surface area (Å²) in [4.78, 5) is 12.1. The fourth-order valence-electron chi connectivity index (χ4n) is 1.63. The number of benzene rings is 1. The number of carbonyl (C=O) groups is 1. The number of nitrogens with one attached hydrogen (secondary N) is 1. The number of amides is 1. The van der Waals surface area contributed by atoms with E-state index < -0.39 is 8.07 Å². The molecule has 0 radical (unpaired) electrons. The van der Waals surface area contributed by atoms with Crippen molar-refractivity contribution in [2.75, 3.05) is 6.54 Å². The van der Waals surface area contributed by atoms with Crippen LogP contribution in [0.25, 0.3) is 0 Å². The van der Waals surface area contributed by atoms with E-state index in [2.05, 4.69) is 31.5 Å². The average molecular weight is 268 g/mol. The van der Waals surface area contributed by atoms with E-state index in [9.17, 15) is 4.79 Å². The van der Waals surface area contributed by atoms with Crippen molar-refractivity contribution in [3.63, 3.8) is 0 Å². The minimum absolute atomic E-state index is 0.118. The van der Waals surface area contributed by atoms with E-state index in [1.807, 2.05) is 12.1 Å². The van der Waals surface area contributed by atoms with Crippen molar-refractivity contribution in [2.45, 2.75) is 19.6 Å². The Balaban J connectivity index is 3.21. The summed E-state index contributed by atoms with van der Waals surface area (Å²) < 4.78 is 0. The molecule has 1 aromatic carbocycles. The van der Waals surface area contributed by atoms with Crippen LogP contribution in [0.2, 0.25) is 24.7 Å². The molecular weight excluding hydrogens is 250 g/mol. The summed E-state index contributed by atoms with van der Waals surface area (Å²) in [6.45, 7) is 10.6. The van der Waals surface area contributed by atoms with E-state index in [4.69, 9.17) is 11.6 Å². The van der Waals surface area contributed by atoms with Gasteiger partial charge in [0, 0.05) is 6.54 Å². The summed E-state index contributed by atoms with van der Waals surface area (Å²) in [6, 6.07) is 5.66. The Labute approximate surface area is 109 Å². The number of hydrogen-bond donors (Lipinski definition) is 1. The molecule has 4 heteroatoms. The van der Waals surface area contributed by atoms with E-state index in [0.29, 0.717) is 17.1 Å². The summed E-state index contributed by atoms with van der Waals surface area (Å²) in [5.41, 5.74) is 0.621. The summed E-state index contributed by atoms with van der Waals surface area (Å²) in [6.07, 6.45) is 1.66. The molecule has 0 aromatic heterocycles. The molecule has 0 saturated carbocycles. The quantitative estimate of drug-likeness (QED) is 0.660. The van der Waals surface area contributed by atoms with Gasteiger partial charge in [-0.05, 0) is 11.3 Å². The first-order valence-corrected chi connectivity index (χ1v) is 9.44. The van der Waals surface area contributed by atoms with Crippen molar-refractivity contribution in [1.29, 1.82) is 0 Å². The summed E-state index contributed by atoms with van der Waals surface area (Å²) in [5, 5.41) is 4.39. The first-order chi connectivity index (χ1) is 7.88. The van der Waals surface area contributed by atoms with Crippen LogP contribution < -0.4 is 10.5 Å². The predicted molar refractivity (Wildman–Crippen MR) is 77.0 cm³/mol. The molecule has 0 heterocycles. The van der Waals surface area contributed by atoms with Crippen LogP contribution >= 0.6 is 11.6 Å². The van der Waals surface area contributed by atoms with Gasteiger partial charge in [-0.3, -0.25) is 4.79 Å². The Morgan fingerprint density at radius 3 is 2.65 bits per heavy atom. The molecule has 2 nitrogen and oxygen atoms in total. The van der Waals surface area contributed by atoms with Crippen LogP contribution in [0.4, 0.5) is 0 Å². The lowest BCUT2D eigenvalue weighted by molar-refractivity contribution is 0.0959. The molecular formula is C13H18ClNOSi. The Hall–Kier alpha value is -1.06.